The summed E-state index contributed by atoms with van der Waals surface area (Å²) in [5.74, 6) is 0. The SMILES string of the molecule is CC(N[S+]([O-])C(C)(C)C)c1ccsc1. The van der Waals surface area contributed by atoms with Crippen LogP contribution < -0.4 is 4.72 Å². The summed E-state index contributed by atoms with van der Waals surface area (Å²) in [6.45, 7) is 7.94. The summed E-state index contributed by atoms with van der Waals surface area (Å²) >= 11 is 0.666. The fraction of sp³-hybridized carbons (Fsp3) is 0.600. The van der Waals surface area contributed by atoms with E-state index in [4.69, 9.17) is 0 Å². The summed E-state index contributed by atoms with van der Waals surface area (Å²) in [6.07, 6.45) is 0. The van der Waals surface area contributed by atoms with E-state index in [0.29, 0.717) is 0 Å². The molecular weight excluding hydrogens is 214 g/mol. The Morgan fingerprint density at radius 1 is 1.50 bits per heavy atom. The van der Waals surface area contributed by atoms with Crippen molar-refractivity contribution >= 4 is 22.7 Å². The van der Waals surface area contributed by atoms with Crippen molar-refractivity contribution in [2.24, 2.45) is 0 Å². The number of nitrogens with one attached hydrogen (secondary N) is 1. The smallest absolute Gasteiger partial charge is 0.136 e. The molecule has 1 N–H and O–H groups in total. The Bertz CT molecular complexity index is 266. The zero-order chi connectivity index (χ0) is 10.8. The highest BCUT2D eigenvalue weighted by atomic mass is 32.2. The first-order valence-corrected chi connectivity index (χ1v) is 6.70. The van der Waals surface area contributed by atoms with E-state index in [2.05, 4.69) is 16.2 Å². The Balaban J connectivity index is 2.53. The van der Waals surface area contributed by atoms with Crippen LogP contribution in [-0.4, -0.2) is 9.30 Å². The molecule has 1 aromatic heterocycles. The van der Waals surface area contributed by atoms with Crippen molar-refractivity contribution < 1.29 is 4.55 Å². The van der Waals surface area contributed by atoms with Gasteiger partial charge in [0.25, 0.3) is 0 Å². The molecular formula is C10H17NOS2. The molecule has 0 saturated carbocycles. The first-order valence-electron chi connectivity index (χ1n) is 4.61. The van der Waals surface area contributed by atoms with Gasteiger partial charge in [-0.15, -0.1) is 4.72 Å². The predicted octanol–water partition coefficient (Wildman–Crippen LogP) is 2.86. The highest BCUT2D eigenvalue weighted by molar-refractivity contribution is 7.90. The Kier molecular flexibility index (Phi) is 4.01. The van der Waals surface area contributed by atoms with Gasteiger partial charge in [-0.2, -0.15) is 11.3 Å². The average molecular weight is 231 g/mol. The number of hydrogen-bond donors (Lipinski definition) is 1. The molecule has 0 aliphatic heterocycles. The van der Waals surface area contributed by atoms with Gasteiger partial charge in [-0.05, 0) is 50.1 Å². The fourth-order valence-electron chi connectivity index (χ4n) is 0.927. The highest BCUT2D eigenvalue weighted by Crippen LogP contribution is 2.20. The Hall–Kier alpha value is -0.0300. The van der Waals surface area contributed by atoms with E-state index in [0.717, 1.165) is 0 Å². The van der Waals surface area contributed by atoms with Gasteiger partial charge in [0.15, 0.2) is 0 Å². The molecule has 2 nitrogen and oxygen atoms in total. The van der Waals surface area contributed by atoms with Gasteiger partial charge in [-0.25, -0.2) is 0 Å². The van der Waals surface area contributed by atoms with E-state index in [-0.39, 0.29) is 10.8 Å². The minimum absolute atomic E-state index is 0.154. The predicted molar refractivity (Wildman–Crippen MR) is 63.8 cm³/mol. The number of thiophene rings is 1. The summed E-state index contributed by atoms with van der Waals surface area (Å²) in [6, 6.07) is 2.21. The van der Waals surface area contributed by atoms with Crippen molar-refractivity contribution in [3.8, 4) is 0 Å². The van der Waals surface area contributed by atoms with Gasteiger partial charge in [0.1, 0.15) is 4.75 Å². The second-order valence-corrected chi connectivity index (χ2v) is 7.06. The molecule has 0 amide bonds. The molecule has 0 aliphatic rings. The number of hydrogen-bond acceptors (Lipinski definition) is 3. The monoisotopic (exact) mass is 231 g/mol. The van der Waals surface area contributed by atoms with E-state index < -0.39 is 11.4 Å². The normalized spacial score (nSPS) is 16.6. The van der Waals surface area contributed by atoms with Gasteiger partial charge < -0.3 is 4.55 Å². The Morgan fingerprint density at radius 3 is 2.57 bits per heavy atom. The molecule has 80 valence electrons. The second-order valence-electron chi connectivity index (χ2n) is 4.28. The largest absolute Gasteiger partial charge is 0.598 e. The van der Waals surface area contributed by atoms with Crippen molar-refractivity contribution in [1.29, 1.82) is 0 Å². The third-order valence-corrected chi connectivity index (χ3v) is 4.26. The maximum atomic E-state index is 11.8. The quantitative estimate of drug-likeness (QED) is 0.812. The van der Waals surface area contributed by atoms with Gasteiger partial charge in [-0.3, -0.25) is 0 Å². The van der Waals surface area contributed by atoms with Crippen molar-refractivity contribution in [2.75, 3.05) is 0 Å². The summed E-state index contributed by atoms with van der Waals surface area (Å²) in [7, 11) is 0. The van der Waals surface area contributed by atoms with Crippen LogP contribution in [0.4, 0.5) is 0 Å². The summed E-state index contributed by atoms with van der Waals surface area (Å²) in [4.78, 5) is 0. The van der Waals surface area contributed by atoms with Crippen LogP contribution in [0.25, 0.3) is 0 Å². The Morgan fingerprint density at radius 2 is 2.14 bits per heavy atom. The van der Waals surface area contributed by atoms with Crippen LogP contribution in [-0.2, 0) is 11.4 Å². The topological polar surface area (TPSA) is 35.1 Å². The van der Waals surface area contributed by atoms with E-state index in [1.807, 2.05) is 33.1 Å². The van der Waals surface area contributed by atoms with Crippen molar-refractivity contribution in [1.82, 2.24) is 4.72 Å². The minimum Gasteiger partial charge on any atom is -0.598 e. The lowest BCUT2D eigenvalue weighted by Crippen LogP contribution is -2.40. The molecule has 0 aliphatic carbocycles. The fourth-order valence-corrected chi connectivity index (χ4v) is 2.49. The van der Waals surface area contributed by atoms with Crippen LogP contribution in [0.5, 0.6) is 0 Å². The lowest BCUT2D eigenvalue weighted by molar-refractivity contribution is 0.531. The van der Waals surface area contributed by atoms with Crippen LogP contribution in [0, 0.1) is 0 Å². The van der Waals surface area contributed by atoms with Crippen LogP contribution in [0.1, 0.15) is 39.3 Å². The third-order valence-electron chi connectivity index (χ3n) is 1.88. The van der Waals surface area contributed by atoms with E-state index in [1.54, 1.807) is 11.3 Å². The summed E-state index contributed by atoms with van der Waals surface area (Å²) in [5.41, 5.74) is 1.20. The second kappa shape index (κ2) is 4.66. The molecule has 1 rings (SSSR count). The standard InChI is InChI=1S/C10H17NOS2/c1-8(9-5-6-13-7-9)11-14(12)10(2,3)4/h5-8,11H,1-4H3. The zero-order valence-electron chi connectivity index (χ0n) is 9.03. The number of rotatable bonds is 3. The highest BCUT2D eigenvalue weighted by Gasteiger charge is 2.28. The van der Waals surface area contributed by atoms with Crippen LogP contribution in [0.2, 0.25) is 0 Å². The maximum Gasteiger partial charge on any atom is 0.136 e. The van der Waals surface area contributed by atoms with Crippen LogP contribution in [0.3, 0.4) is 0 Å². The van der Waals surface area contributed by atoms with E-state index in [1.165, 1.54) is 5.56 Å². The van der Waals surface area contributed by atoms with Crippen LogP contribution >= 0.6 is 11.3 Å². The molecule has 4 heteroatoms. The van der Waals surface area contributed by atoms with Crippen molar-refractivity contribution in [3.63, 3.8) is 0 Å². The molecule has 0 saturated heterocycles. The van der Waals surface area contributed by atoms with Crippen molar-refractivity contribution in [2.45, 2.75) is 38.5 Å². The van der Waals surface area contributed by atoms with E-state index in [9.17, 15) is 4.55 Å². The van der Waals surface area contributed by atoms with Crippen LogP contribution in [0.15, 0.2) is 16.8 Å². The third kappa shape index (κ3) is 3.28. The van der Waals surface area contributed by atoms with Gasteiger partial charge in [0, 0.05) is 11.4 Å². The Labute approximate surface area is 93.0 Å². The summed E-state index contributed by atoms with van der Waals surface area (Å²) in [5, 5.41) is 4.12. The van der Waals surface area contributed by atoms with Gasteiger partial charge in [0.05, 0.1) is 6.04 Å². The molecule has 1 aromatic rings. The van der Waals surface area contributed by atoms with Gasteiger partial charge in [0.2, 0.25) is 0 Å². The first kappa shape index (κ1) is 12.0. The summed E-state index contributed by atoms with van der Waals surface area (Å²) < 4.78 is 14.7. The minimum atomic E-state index is -0.997. The lowest BCUT2D eigenvalue weighted by atomic mass is 10.2. The molecule has 0 aromatic carbocycles. The molecule has 2 unspecified atom stereocenters. The first-order chi connectivity index (χ1) is 6.41. The molecule has 0 fully saturated rings. The van der Waals surface area contributed by atoms with E-state index >= 15 is 0 Å². The lowest BCUT2D eigenvalue weighted by Gasteiger charge is -2.26. The molecule has 0 spiro atoms. The molecule has 0 radical (unpaired) electrons. The zero-order valence-corrected chi connectivity index (χ0v) is 10.7. The van der Waals surface area contributed by atoms with Crippen molar-refractivity contribution in [3.05, 3.63) is 22.4 Å². The van der Waals surface area contributed by atoms with Gasteiger partial charge >= 0.3 is 0 Å². The molecule has 0 bridgehead atoms. The molecule has 14 heavy (non-hydrogen) atoms. The maximum absolute atomic E-state index is 11.8. The van der Waals surface area contributed by atoms with Gasteiger partial charge in [-0.1, -0.05) is 0 Å². The average Bonchev–Trinajstić information content (AvgIpc) is 2.53. The molecule has 2 atom stereocenters. The molecule has 1 heterocycles.